The van der Waals surface area contributed by atoms with Gasteiger partial charge in [0.2, 0.25) is 5.91 Å². The first kappa shape index (κ1) is 14.8. The normalized spacial score (nSPS) is 18.6. The molecule has 0 spiro atoms. The molecule has 0 aliphatic carbocycles. The van der Waals surface area contributed by atoms with Crippen molar-refractivity contribution in [1.29, 1.82) is 0 Å². The Morgan fingerprint density at radius 3 is 2.86 bits per heavy atom. The Bertz CT molecular complexity index is 582. The fraction of sp³-hybridized carbons (Fsp3) is 0.500. The summed E-state index contributed by atoms with van der Waals surface area (Å²) in [4.78, 5) is 28.0. The molecule has 6 nitrogen and oxygen atoms in total. The minimum absolute atomic E-state index is 0.00613. The summed E-state index contributed by atoms with van der Waals surface area (Å²) < 4.78 is 5.56. The number of ether oxygens (including phenoxy) is 1. The van der Waals surface area contributed by atoms with E-state index in [1.54, 1.807) is 30.1 Å². The number of rotatable bonds is 3. The molecule has 1 aromatic rings. The van der Waals surface area contributed by atoms with Gasteiger partial charge in [0.15, 0.2) is 0 Å². The van der Waals surface area contributed by atoms with Gasteiger partial charge in [0.1, 0.15) is 5.75 Å². The molecule has 0 saturated carbocycles. The van der Waals surface area contributed by atoms with Gasteiger partial charge in [0.05, 0.1) is 25.4 Å². The lowest BCUT2D eigenvalue weighted by molar-refractivity contribution is -0.118. The zero-order valence-electron chi connectivity index (χ0n) is 12.8. The van der Waals surface area contributed by atoms with Crippen molar-refractivity contribution in [2.24, 2.45) is 0 Å². The highest BCUT2D eigenvalue weighted by molar-refractivity contribution is 5.99. The third-order valence-electron chi connectivity index (χ3n) is 4.19. The molecular weight excluding hydrogens is 282 g/mol. The lowest BCUT2D eigenvalue weighted by Gasteiger charge is -2.18. The predicted octanol–water partition coefficient (Wildman–Crippen LogP) is 1.21. The van der Waals surface area contributed by atoms with Crippen LogP contribution in [-0.4, -0.2) is 50.1 Å². The van der Waals surface area contributed by atoms with Crippen LogP contribution in [-0.2, 0) is 4.79 Å². The molecule has 2 heterocycles. The van der Waals surface area contributed by atoms with E-state index in [0.29, 0.717) is 36.7 Å². The monoisotopic (exact) mass is 303 g/mol. The topological polar surface area (TPSA) is 61.9 Å². The summed E-state index contributed by atoms with van der Waals surface area (Å²) in [7, 11) is 1.71. The molecule has 1 saturated heterocycles. The maximum absolute atomic E-state index is 12.3. The van der Waals surface area contributed by atoms with Crippen LogP contribution in [0.25, 0.3) is 0 Å². The molecule has 0 unspecified atom stereocenters. The summed E-state index contributed by atoms with van der Waals surface area (Å²) in [5.41, 5.74) is 1.19. The minimum atomic E-state index is -0.125. The molecule has 22 heavy (non-hydrogen) atoms. The molecule has 2 aliphatic rings. The van der Waals surface area contributed by atoms with Gasteiger partial charge in [-0.2, -0.15) is 0 Å². The van der Waals surface area contributed by atoms with E-state index >= 15 is 0 Å². The number of amides is 2. The van der Waals surface area contributed by atoms with E-state index in [9.17, 15) is 9.59 Å². The second kappa shape index (κ2) is 6.36. The van der Waals surface area contributed by atoms with E-state index in [0.717, 1.165) is 13.1 Å². The van der Waals surface area contributed by atoms with Crippen molar-refractivity contribution in [2.75, 3.05) is 38.3 Å². The van der Waals surface area contributed by atoms with E-state index in [2.05, 4.69) is 10.2 Å². The van der Waals surface area contributed by atoms with Crippen molar-refractivity contribution in [3.63, 3.8) is 0 Å². The predicted molar refractivity (Wildman–Crippen MR) is 83.1 cm³/mol. The van der Waals surface area contributed by atoms with Crippen molar-refractivity contribution in [3.8, 4) is 5.75 Å². The Labute approximate surface area is 130 Å². The smallest absolute Gasteiger partial charge is 0.252 e. The molecule has 118 valence electrons. The zero-order valence-corrected chi connectivity index (χ0v) is 12.8. The van der Waals surface area contributed by atoms with Crippen LogP contribution in [0, 0.1) is 0 Å². The van der Waals surface area contributed by atoms with Crippen LogP contribution in [0.2, 0.25) is 0 Å². The van der Waals surface area contributed by atoms with Gasteiger partial charge in [-0.3, -0.25) is 14.5 Å². The lowest BCUT2D eigenvalue weighted by atomic mass is 10.1. The van der Waals surface area contributed by atoms with Gasteiger partial charge in [-0.25, -0.2) is 0 Å². The highest BCUT2D eigenvalue weighted by Crippen LogP contribution is 2.31. The Balaban J connectivity index is 1.72. The van der Waals surface area contributed by atoms with Gasteiger partial charge >= 0.3 is 0 Å². The van der Waals surface area contributed by atoms with Gasteiger partial charge in [0, 0.05) is 12.6 Å². The fourth-order valence-corrected chi connectivity index (χ4v) is 2.82. The Hall–Kier alpha value is -2.08. The molecule has 1 fully saturated rings. The Morgan fingerprint density at radius 2 is 2.09 bits per heavy atom. The van der Waals surface area contributed by atoms with Crippen molar-refractivity contribution in [3.05, 3.63) is 23.8 Å². The van der Waals surface area contributed by atoms with Crippen molar-refractivity contribution in [2.45, 2.75) is 19.3 Å². The van der Waals surface area contributed by atoms with Crippen molar-refractivity contribution < 1.29 is 14.3 Å². The summed E-state index contributed by atoms with van der Waals surface area (Å²) in [6.45, 7) is 3.02. The first-order valence-corrected chi connectivity index (χ1v) is 7.69. The Kier molecular flexibility index (Phi) is 4.29. The molecule has 0 aromatic heterocycles. The number of nitrogens with zero attached hydrogens (tertiary/aromatic N) is 2. The number of benzene rings is 1. The number of carbonyl (C=O) groups excluding carboxylic acids is 2. The Morgan fingerprint density at radius 1 is 1.32 bits per heavy atom. The van der Waals surface area contributed by atoms with E-state index in [4.69, 9.17) is 4.74 Å². The second-order valence-electron chi connectivity index (χ2n) is 5.72. The van der Waals surface area contributed by atoms with E-state index in [-0.39, 0.29) is 11.8 Å². The van der Waals surface area contributed by atoms with Gasteiger partial charge in [-0.05, 0) is 44.1 Å². The fourth-order valence-electron chi connectivity index (χ4n) is 2.82. The molecule has 0 bridgehead atoms. The third-order valence-corrected chi connectivity index (χ3v) is 4.19. The average molecular weight is 303 g/mol. The van der Waals surface area contributed by atoms with Gasteiger partial charge in [-0.15, -0.1) is 0 Å². The van der Waals surface area contributed by atoms with Crippen LogP contribution < -0.4 is 15.0 Å². The lowest BCUT2D eigenvalue weighted by Crippen LogP contribution is -2.36. The summed E-state index contributed by atoms with van der Waals surface area (Å²) >= 11 is 0. The molecule has 2 amide bonds. The van der Waals surface area contributed by atoms with E-state index < -0.39 is 0 Å². The van der Waals surface area contributed by atoms with Crippen LogP contribution in [0.4, 0.5) is 5.69 Å². The summed E-state index contributed by atoms with van der Waals surface area (Å²) in [6.07, 6.45) is 2.74. The molecule has 0 atom stereocenters. The molecule has 1 aromatic carbocycles. The number of anilines is 1. The van der Waals surface area contributed by atoms with Crippen molar-refractivity contribution >= 4 is 17.5 Å². The maximum atomic E-state index is 12.3. The summed E-state index contributed by atoms with van der Waals surface area (Å²) in [5.74, 6) is 0.512. The molecule has 0 radical (unpaired) electrons. The first-order chi connectivity index (χ1) is 10.6. The van der Waals surface area contributed by atoms with E-state index in [1.165, 1.54) is 12.8 Å². The van der Waals surface area contributed by atoms with Crippen LogP contribution >= 0.6 is 0 Å². The maximum Gasteiger partial charge on any atom is 0.252 e. The van der Waals surface area contributed by atoms with Gasteiger partial charge < -0.3 is 15.0 Å². The molecule has 6 heteroatoms. The molecule has 3 rings (SSSR count). The first-order valence-electron chi connectivity index (χ1n) is 7.69. The number of hydrogen-bond donors (Lipinski definition) is 1. The minimum Gasteiger partial charge on any atom is -0.491 e. The van der Waals surface area contributed by atoms with Crippen LogP contribution in [0.5, 0.6) is 5.75 Å². The van der Waals surface area contributed by atoms with Gasteiger partial charge in [0.25, 0.3) is 5.91 Å². The van der Waals surface area contributed by atoms with Gasteiger partial charge in [-0.1, -0.05) is 0 Å². The van der Waals surface area contributed by atoms with E-state index in [1.807, 2.05) is 0 Å². The third kappa shape index (κ3) is 3.06. The van der Waals surface area contributed by atoms with Crippen LogP contribution in [0.1, 0.15) is 29.6 Å². The molecular formula is C16H21N3O3. The molecule has 1 N–H and O–H groups in total. The van der Waals surface area contributed by atoms with Crippen LogP contribution in [0.3, 0.4) is 0 Å². The standard InChI is InChI=1S/C16H21N3O3/c1-18-13-10-12(4-5-14(13)22-9-6-15(18)20)16(21)17-11-19-7-2-3-8-19/h4-5,10H,2-3,6-9,11H2,1H3,(H,17,21). The zero-order chi connectivity index (χ0) is 15.5. The van der Waals surface area contributed by atoms with Crippen LogP contribution in [0.15, 0.2) is 18.2 Å². The SMILES string of the molecule is CN1C(=O)CCOc2ccc(C(=O)NCN3CCCC3)cc21. The number of nitrogens with one attached hydrogen (secondary N) is 1. The molecule has 2 aliphatic heterocycles. The quantitative estimate of drug-likeness (QED) is 0.912. The number of likely N-dealkylation sites (tertiary alicyclic amines) is 1. The van der Waals surface area contributed by atoms with Crippen molar-refractivity contribution in [1.82, 2.24) is 10.2 Å². The highest BCUT2D eigenvalue weighted by Gasteiger charge is 2.21. The average Bonchev–Trinajstić information content (AvgIpc) is 3.00. The highest BCUT2D eigenvalue weighted by atomic mass is 16.5. The summed E-state index contributed by atoms with van der Waals surface area (Å²) in [6, 6.07) is 5.22. The number of hydrogen-bond acceptors (Lipinski definition) is 4. The number of fused-ring (bicyclic) bond motifs is 1. The largest absolute Gasteiger partial charge is 0.491 e. The second-order valence-corrected chi connectivity index (χ2v) is 5.72. The number of carbonyl (C=O) groups is 2. The summed E-state index contributed by atoms with van der Waals surface area (Å²) in [5, 5.41) is 2.93.